The SMILES string of the molecule is C=CCC1(c2ccc(F)cc2)CCN(C(C)c2ccc(-c3nnc(C)o3)cc2)C(=O)O1. The van der Waals surface area contributed by atoms with E-state index < -0.39 is 11.7 Å². The molecule has 7 heteroatoms. The van der Waals surface area contributed by atoms with Crippen molar-refractivity contribution in [3.8, 4) is 11.5 Å². The Balaban J connectivity index is 1.51. The molecule has 4 rings (SSSR count). The molecule has 31 heavy (non-hydrogen) atoms. The molecule has 0 saturated carbocycles. The summed E-state index contributed by atoms with van der Waals surface area (Å²) in [5.41, 5.74) is 1.73. The summed E-state index contributed by atoms with van der Waals surface area (Å²) < 4.78 is 24.8. The fraction of sp³-hybridized carbons (Fsp3) is 0.292. The van der Waals surface area contributed by atoms with Crippen molar-refractivity contribution in [2.75, 3.05) is 6.54 Å². The van der Waals surface area contributed by atoms with Crippen molar-refractivity contribution in [2.24, 2.45) is 0 Å². The highest BCUT2D eigenvalue weighted by Gasteiger charge is 2.42. The van der Waals surface area contributed by atoms with Crippen LogP contribution in [0.4, 0.5) is 9.18 Å². The van der Waals surface area contributed by atoms with Gasteiger partial charge in [0.2, 0.25) is 11.8 Å². The van der Waals surface area contributed by atoms with Crippen molar-refractivity contribution >= 4 is 6.09 Å². The predicted molar refractivity (Wildman–Crippen MR) is 114 cm³/mol. The molecule has 3 aromatic rings. The van der Waals surface area contributed by atoms with Crippen LogP contribution in [-0.2, 0) is 10.3 Å². The second-order valence-corrected chi connectivity index (χ2v) is 7.73. The van der Waals surface area contributed by atoms with Crippen LogP contribution in [0.2, 0.25) is 0 Å². The number of aryl methyl sites for hydroxylation is 1. The number of nitrogens with zero attached hydrogens (tertiary/aromatic N) is 3. The molecule has 160 valence electrons. The molecule has 2 atom stereocenters. The lowest BCUT2D eigenvalue weighted by Crippen LogP contribution is -2.48. The van der Waals surface area contributed by atoms with Gasteiger partial charge in [-0.3, -0.25) is 0 Å². The maximum atomic E-state index is 13.4. The van der Waals surface area contributed by atoms with Gasteiger partial charge in [-0.15, -0.1) is 16.8 Å². The molecular formula is C24H24FN3O3. The standard InChI is InChI=1S/C24H24FN3O3/c1-4-13-24(20-9-11-21(25)12-10-20)14-15-28(23(29)31-24)16(2)18-5-7-19(8-6-18)22-27-26-17(3)30-22/h4-12,16H,1,13-15H2,2-3H3. The fourth-order valence-corrected chi connectivity index (χ4v) is 3.97. The number of ether oxygens (including phenoxy) is 1. The summed E-state index contributed by atoms with van der Waals surface area (Å²) in [5, 5.41) is 7.88. The summed E-state index contributed by atoms with van der Waals surface area (Å²) in [5.74, 6) is 0.643. The molecule has 2 aromatic carbocycles. The number of aromatic nitrogens is 2. The summed E-state index contributed by atoms with van der Waals surface area (Å²) in [6.07, 6.45) is 2.38. The Morgan fingerprint density at radius 1 is 1.19 bits per heavy atom. The third kappa shape index (κ3) is 4.08. The van der Waals surface area contributed by atoms with Crippen molar-refractivity contribution in [3.05, 3.63) is 84.0 Å². The van der Waals surface area contributed by atoms with E-state index in [9.17, 15) is 9.18 Å². The third-order valence-corrected chi connectivity index (χ3v) is 5.75. The van der Waals surface area contributed by atoms with Crippen LogP contribution in [0.15, 0.2) is 65.6 Å². The molecular weight excluding hydrogens is 397 g/mol. The van der Waals surface area contributed by atoms with E-state index in [-0.39, 0.29) is 11.9 Å². The minimum absolute atomic E-state index is 0.180. The summed E-state index contributed by atoms with van der Waals surface area (Å²) >= 11 is 0. The van der Waals surface area contributed by atoms with Crippen molar-refractivity contribution < 1.29 is 18.3 Å². The highest BCUT2D eigenvalue weighted by molar-refractivity contribution is 5.70. The normalized spacial score (nSPS) is 19.7. The lowest BCUT2D eigenvalue weighted by atomic mass is 9.85. The topological polar surface area (TPSA) is 68.5 Å². The Bertz CT molecular complexity index is 1080. The van der Waals surface area contributed by atoms with Gasteiger partial charge in [-0.25, -0.2) is 9.18 Å². The number of halogens is 1. The Morgan fingerprint density at radius 3 is 2.48 bits per heavy atom. The number of carbonyl (C=O) groups is 1. The number of amides is 1. The lowest BCUT2D eigenvalue weighted by Gasteiger charge is -2.43. The first-order chi connectivity index (χ1) is 14.9. The summed E-state index contributed by atoms with van der Waals surface area (Å²) in [6.45, 7) is 8.02. The second-order valence-electron chi connectivity index (χ2n) is 7.73. The average Bonchev–Trinajstić information content (AvgIpc) is 3.20. The smallest absolute Gasteiger partial charge is 0.411 e. The molecule has 1 aromatic heterocycles. The van der Waals surface area contributed by atoms with E-state index in [0.29, 0.717) is 31.2 Å². The minimum atomic E-state index is -0.831. The molecule has 0 N–H and O–H groups in total. The number of rotatable bonds is 6. The molecule has 6 nitrogen and oxygen atoms in total. The lowest BCUT2D eigenvalue weighted by molar-refractivity contribution is -0.0588. The molecule has 1 aliphatic rings. The number of hydrogen-bond donors (Lipinski definition) is 0. The molecule has 0 spiro atoms. The Hall–Kier alpha value is -3.48. The van der Waals surface area contributed by atoms with Crippen molar-refractivity contribution in [1.29, 1.82) is 0 Å². The van der Waals surface area contributed by atoms with Crippen LogP contribution in [0.25, 0.3) is 11.5 Å². The van der Waals surface area contributed by atoms with Gasteiger partial charge < -0.3 is 14.1 Å². The number of benzene rings is 2. The first-order valence-electron chi connectivity index (χ1n) is 10.2. The molecule has 0 aliphatic carbocycles. The van der Waals surface area contributed by atoms with Crippen LogP contribution in [0.5, 0.6) is 0 Å². The maximum absolute atomic E-state index is 13.4. The maximum Gasteiger partial charge on any atom is 0.411 e. The summed E-state index contributed by atoms with van der Waals surface area (Å²) in [7, 11) is 0. The highest BCUT2D eigenvalue weighted by atomic mass is 19.1. The zero-order chi connectivity index (χ0) is 22.0. The van der Waals surface area contributed by atoms with E-state index in [4.69, 9.17) is 9.15 Å². The van der Waals surface area contributed by atoms with Gasteiger partial charge in [-0.2, -0.15) is 0 Å². The second kappa shape index (κ2) is 8.34. The zero-order valence-corrected chi connectivity index (χ0v) is 17.5. The molecule has 1 saturated heterocycles. The van der Waals surface area contributed by atoms with Crippen LogP contribution in [0.1, 0.15) is 42.8 Å². The zero-order valence-electron chi connectivity index (χ0n) is 17.5. The average molecular weight is 421 g/mol. The molecule has 0 bridgehead atoms. The van der Waals surface area contributed by atoms with E-state index >= 15 is 0 Å². The van der Waals surface area contributed by atoms with E-state index in [2.05, 4.69) is 16.8 Å². The largest absolute Gasteiger partial charge is 0.437 e. The van der Waals surface area contributed by atoms with Gasteiger partial charge in [-0.1, -0.05) is 30.3 Å². The van der Waals surface area contributed by atoms with Crippen molar-refractivity contribution in [1.82, 2.24) is 15.1 Å². The van der Waals surface area contributed by atoms with Crippen LogP contribution in [0, 0.1) is 12.7 Å². The minimum Gasteiger partial charge on any atom is -0.437 e. The third-order valence-electron chi connectivity index (χ3n) is 5.75. The van der Waals surface area contributed by atoms with Crippen molar-refractivity contribution in [3.63, 3.8) is 0 Å². The Labute approximate surface area is 180 Å². The monoisotopic (exact) mass is 421 g/mol. The van der Waals surface area contributed by atoms with Gasteiger partial charge in [0.25, 0.3) is 0 Å². The quantitative estimate of drug-likeness (QED) is 0.488. The molecule has 0 radical (unpaired) electrons. The van der Waals surface area contributed by atoms with Gasteiger partial charge in [-0.05, 0) is 42.3 Å². The first-order valence-corrected chi connectivity index (χ1v) is 10.2. The van der Waals surface area contributed by atoms with Crippen LogP contribution in [0.3, 0.4) is 0 Å². The van der Waals surface area contributed by atoms with E-state index in [1.807, 2.05) is 31.2 Å². The van der Waals surface area contributed by atoms with Gasteiger partial charge in [0.1, 0.15) is 11.4 Å². The fourth-order valence-electron chi connectivity index (χ4n) is 3.97. The van der Waals surface area contributed by atoms with Crippen LogP contribution >= 0.6 is 0 Å². The van der Waals surface area contributed by atoms with Crippen molar-refractivity contribution in [2.45, 2.75) is 38.3 Å². The molecule has 2 heterocycles. The Morgan fingerprint density at radius 2 is 1.90 bits per heavy atom. The Kier molecular flexibility index (Phi) is 5.59. The van der Waals surface area contributed by atoms with Gasteiger partial charge in [0.05, 0.1) is 6.04 Å². The van der Waals surface area contributed by atoms with Crippen LogP contribution in [-0.4, -0.2) is 27.7 Å². The number of carbonyl (C=O) groups excluding carboxylic acids is 1. The number of hydrogen-bond acceptors (Lipinski definition) is 5. The van der Waals surface area contributed by atoms with Gasteiger partial charge in [0, 0.05) is 31.9 Å². The number of cyclic esters (lactones) is 1. The van der Waals surface area contributed by atoms with E-state index in [1.54, 1.807) is 30.0 Å². The molecule has 1 aliphatic heterocycles. The highest BCUT2D eigenvalue weighted by Crippen LogP contribution is 2.40. The van der Waals surface area contributed by atoms with Gasteiger partial charge in [0.15, 0.2) is 0 Å². The summed E-state index contributed by atoms with van der Waals surface area (Å²) in [6, 6.07) is 13.6. The summed E-state index contributed by atoms with van der Waals surface area (Å²) in [4.78, 5) is 14.7. The van der Waals surface area contributed by atoms with Crippen LogP contribution < -0.4 is 0 Å². The molecule has 1 fully saturated rings. The van der Waals surface area contributed by atoms with E-state index in [1.165, 1.54) is 12.1 Å². The molecule has 2 unspecified atom stereocenters. The van der Waals surface area contributed by atoms with E-state index in [0.717, 1.165) is 16.7 Å². The van der Waals surface area contributed by atoms with Gasteiger partial charge >= 0.3 is 6.09 Å². The molecule has 1 amide bonds. The first kappa shape index (κ1) is 20.8. The predicted octanol–water partition coefficient (Wildman–Crippen LogP) is 5.56.